The van der Waals surface area contributed by atoms with Crippen LogP contribution in [0.1, 0.15) is 79.6 Å². The van der Waals surface area contributed by atoms with E-state index in [1.807, 2.05) is 6.92 Å². The SMILES string of the molecule is CC(C)=CCC[C@@H](C)CCC/C(C)=C/CC/C(C)=C/COP(=O)(O)OP(=O)(O)O. The van der Waals surface area contributed by atoms with Gasteiger partial charge in [-0.15, -0.1) is 0 Å². The van der Waals surface area contributed by atoms with Crippen molar-refractivity contribution >= 4 is 15.6 Å². The minimum atomic E-state index is -5.07. The monoisotopic (exact) mass is 452 g/mol. The first-order valence-electron chi connectivity index (χ1n) is 9.99. The average Bonchev–Trinajstić information content (AvgIpc) is 2.51. The van der Waals surface area contributed by atoms with Gasteiger partial charge in [-0.05, 0) is 72.1 Å². The highest BCUT2D eigenvalue weighted by atomic mass is 31.3. The Morgan fingerprint density at radius 1 is 0.897 bits per heavy atom. The van der Waals surface area contributed by atoms with Crippen LogP contribution in [0.25, 0.3) is 0 Å². The molecule has 0 fully saturated rings. The zero-order valence-corrected chi connectivity index (χ0v) is 20.1. The van der Waals surface area contributed by atoms with Gasteiger partial charge in [0.2, 0.25) is 0 Å². The molecule has 0 aliphatic rings. The zero-order valence-electron chi connectivity index (χ0n) is 18.3. The highest BCUT2D eigenvalue weighted by molar-refractivity contribution is 7.60. The van der Waals surface area contributed by atoms with E-state index in [1.165, 1.54) is 30.4 Å². The molecule has 0 spiro atoms. The second-order valence-electron chi connectivity index (χ2n) is 7.83. The Hall–Kier alpha value is -0.520. The third kappa shape index (κ3) is 19.2. The summed E-state index contributed by atoms with van der Waals surface area (Å²) in [5.41, 5.74) is 3.70. The number of rotatable bonds is 15. The summed E-state index contributed by atoms with van der Waals surface area (Å²) in [7, 11) is -9.84. The smallest absolute Gasteiger partial charge is 0.302 e. The fraction of sp³-hybridized carbons (Fsp3) is 0.700. The number of phosphoric acid groups is 2. The second kappa shape index (κ2) is 14.5. The quantitative estimate of drug-likeness (QED) is 0.194. The molecule has 170 valence electrons. The molecule has 3 N–H and O–H groups in total. The Kier molecular flexibility index (Phi) is 14.2. The molecule has 0 saturated heterocycles. The van der Waals surface area contributed by atoms with Crippen LogP contribution in [-0.2, 0) is 18.0 Å². The zero-order chi connectivity index (χ0) is 22.5. The third-order valence-electron chi connectivity index (χ3n) is 4.39. The van der Waals surface area contributed by atoms with Gasteiger partial charge in [0.1, 0.15) is 0 Å². The molecule has 0 rings (SSSR count). The van der Waals surface area contributed by atoms with Crippen LogP contribution >= 0.6 is 15.6 Å². The summed E-state index contributed by atoms with van der Waals surface area (Å²) < 4.78 is 30.1. The fourth-order valence-electron chi connectivity index (χ4n) is 2.71. The second-order valence-corrected chi connectivity index (χ2v) is 10.7. The van der Waals surface area contributed by atoms with E-state index in [1.54, 1.807) is 6.08 Å². The highest BCUT2D eigenvalue weighted by Crippen LogP contribution is 2.57. The largest absolute Gasteiger partial charge is 0.481 e. The lowest BCUT2D eigenvalue weighted by Gasteiger charge is -2.11. The molecule has 1 unspecified atom stereocenters. The van der Waals surface area contributed by atoms with Crippen molar-refractivity contribution in [1.29, 1.82) is 0 Å². The van der Waals surface area contributed by atoms with Gasteiger partial charge in [-0.25, -0.2) is 9.13 Å². The molecule has 0 heterocycles. The van der Waals surface area contributed by atoms with E-state index >= 15 is 0 Å². The van der Waals surface area contributed by atoms with Gasteiger partial charge in [0.15, 0.2) is 0 Å². The number of phosphoric ester groups is 1. The van der Waals surface area contributed by atoms with Crippen LogP contribution in [0.3, 0.4) is 0 Å². The summed E-state index contributed by atoms with van der Waals surface area (Å²) in [6, 6.07) is 0. The molecule has 29 heavy (non-hydrogen) atoms. The van der Waals surface area contributed by atoms with Crippen LogP contribution in [-0.4, -0.2) is 21.3 Å². The topological polar surface area (TPSA) is 113 Å². The number of hydrogen-bond donors (Lipinski definition) is 3. The summed E-state index contributed by atoms with van der Waals surface area (Å²) in [6.45, 7) is 10.3. The minimum Gasteiger partial charge on any atom is -0.302 e. The lowest BCUT2D eigenvalue weighted by molar-refractivity contribution is 0.191. The van der Waals surface area contributed by atoms with Gasteiger partial charge in [-0.3, -0.25) is 4.52 Å². The van der Waals surface area contributed by atoms with Crippen molar-refractivity contribution < 1.29 is 32.6 Å². The van der Waals surface area contributed by atoms with Crippen molar-refractivity contribution in [3.8, 4) is 0 Å². The Bertz CT molecular complexity index is 658. The Balaban J connectivity index is 4.08. The van der Waals surface area contributed by atoms with Gasteiger partial charge in [-0.1, -0.05) is 48.3 Å². The van der Waals surface area contributed by atoms with Crippen LogP contribution in [0.15, 0.2) is 34.9 Å². The molecule has 0 aromatic carbocycles. The van der Waals surface area contributed by atoms with E-state index in [-0.39, 0.29) is 6.61 Å². The molecule has 0 aliphatic carbocycles. The maximum Gasteiger partial charge on any atom is 0.481 e. The summed E-state index contributed by atoms with van der Waals surface area (Å²) in [5.74, 6) is 0.737. The van der Waals surface area contributed by atoms with Gasteiger partial charge in [-0.2, -0.15) is 4.31 Å². The van der Waals surface area contributed by atoms with Gasteiger partial charge < -0.3 is 14.7 Å². The Morgan fingerprint density at radius 2 is 1.52 bits per heavy atom. The highest BCUT2D eigenvalue weighted by Gasteiger charge is 2.31. The van der Waals surface area contributed by atoms with Crippen molar-refractivity contribution in [3.63, 3.8) is 0 Å². The molecule has 0 amide bonds. The predicted octanol–water partition coefficient (Wildman–Crippen LogP) is 6.44. The van der Waals surface area contributed by atoms with E-state index in [0.717, 1.165) is 37.2 Å². The maximum atomic E-state index is 11.3. The van der Waals surface area contributed by atoms with Gasteiger partial charge in [0.05, 0.1) is 6.61 Å². The third-order valence-corrected chi connectivity index (χ3v) is 6.54. The van der Waals surface area contributed by atoms with Gasteiger partial charge >= 0.3 is 15.6 Å². The molecule has 0 aliphatic heterocycles. The maximum absolute atomic E-state index is 11.3. The van der Waals surface area contributed by atoms with Crippen molar-refractivity contribution in [2.45, 2.75) is 79.6 Å². The summed E-state index contributed by atoms with van der Waals surface area (Å²) in [4.78, 5) is 26.2. The van der Waals surface area contributed by atoms with Crippen molar-refractivity contribution in [3.05, 3.63) is 34.9 Å². The van der Waals surface area contributed by atoms with Crippen molar-refractivity contribution in [1.82, 2.24) is 0 Å². The molecular weight excluding hydrogens is 414 g/mol. The van der Waals surface area contributed by atoms with E-state index in [0.29, 0.717) is 0 Å². The Morgan fingerprint density at radius 3 is 2.10 bits per heavy atom. The van der Waals surface area contributed by atoms with Crippen molar-refractivity contribution in [2.24, 2.45) is 5.92 Å². The van der Waals surface area contributed by atoms with E-state index in [2.05, 4.69) is 48.7 Å². The molecular formula is C20H38O7P2. The first-order chi connectivity index (χ1) is 13.3. The van der Waals surface area contributed by atoms with Crippen LogP contribution in [0.4, 0.5) is 0 Å². The van der Waals surface area contributed by atoms with Gasteiger partial charge in [0.25, 0.3) is 0 Å². The van der Waals surface area contributed by atoms with Crippen molar-refractivity contribution in [2.75, 3.05) is 6.61 Å². The number of hydrogen-bond acceptors (Lipinski definition) is 4. The minimum absolute atomic E-state index is 0.257. The van der Waals surface area contributed by atoms with Crippen LogP contribution in [0.5, 0.6) is 0 Å². The lowest BCUT2D eigenvalue weighted by atomic mass is 9.96. The van der Waals surface area contributed by atoms with E-state index in [9.17, 15) is 14.0 Å². The van der Waals surface area contributed by atoms with E-state index in [4.69, 9.17) is 9.79 Å². The van der Waals surface area contributed by atoms with Gasteiger partial charge in [0, 0.05) is 0 Å². The molecule has 9 heteroatoms. The molecule has 7 nitrogen and oxygen atoms in total. The van der Waals surface area contributed by atoms with Crippen LogP contribution < -0.4 is 0 Å². The summed E-state index contributed by atoms with van der Waals surface area (Å²) in [6.07, 6.45) is 13.6. The Labute approximate surface area is 175 Å². The molecule has 0 saturated carbocycles. The standard InChI is InChI=1S/C20H38O7P2/c1-17(2)9-6-10-18(3)11-7-12-19(4)13-8-14-20(5)15-16-26-29(24,25)27-28(21,22)23/h9,13,15,18H,6-8,10-12,14,16H2,1-5H3,(H,24,25)(H2,21,22,23)/b19-13+,20-15+/t18-/m1/s1. The number of allylic oxidation sites excluding steroid dienone is 5. The lowest BCUT2D eigenvalue weighted by Crippen LogP contribution is -1.95. The molecule has 0 bridgehead atoms. The fourth-order valence-corrected chi connectivity index (χ4v) is 4.24. The first kappa shape index (κ1) is 28.5. The molecule has 0 aromatic rings. The molecule has 2 atom stereocenters. The van der Waals surface area contributed by atoms with E-state index < -0.39 is 15.6 Å². The first-order valence-corrected chi connectivity index (χ1v) is 13.0. The van der Waals surface area contributed by atoms with Crippen LogP contribution in [0.2, 0.25) is 0 Å². The normalized spacial score (nSPS) is 16.4. The summed E-state index contributed by atoms with van der Waals surface area (Å²) >= 11 is 0. The molecule has 0 radical (unpaired) electrons. The molecule has 0 aromatic heterocycles. The average molecular weight is 452 g/mol. The van der Waals surface area contributed by atoms with Crippen LogP contribution in [0, 0.1) is 5.92 Å². The predicted molar refractivity (Wildman–Crippen MR) is 117 cm³/mol. The summed E-state index contributed by atoms with van der Waals surface area (Å²) in [5, 5.41) is 0.